The quantitative estimate of drug-likeness (QED) is 0.293. The van der Waals surface area contributed by atoms with Gasteiger partial charge in [0.2, 0.25) is 0 Å². The first kappa shape index (κ1) is 13.0. The lowest BCUT2D eigenvalue weighted by molar-refractivity contribution is -0.152. The molecule has 0 saturated carbocycles. The largest absolute Gasteiger partial charge is 0.731 e. The first-order chi connectivity index (χ1) is 6.13. The molecule has 8 nitrogen and oxygen atoms in total. The predicted molar refractivity (Wildman–Crippen MR) is 40.4 cm³/mol. The first-order valence-corrected chi connectivity index (χ1v) is 5.29. The molecular weight excluding hydrogens is 224 g/mol. The number of nitrogens with two attached hydrogens (primary N) is 1. The van der Waals surface area contributed by atoms with Crippen LogP contribution in [0.2, 0.25) is 0 Å². The molecule has 0 aromatic rings. The normalized spacial score (nSPS) is 15.3. The van der Waals surface area contributed by atoms with Crippen molar-refractivity contribution in [1.29, 1.82) is 0 Å². The van der Waals surface area contributed by atoms with Gasteiger partial charge >= 0.3 is 16.5 Å². The Kier molecular flexibility index (Phi) is 7.35. The van der Waals surface area contributed by atoms with Crippen LogP contribution in [0, 0.1) is 0 Å². The molecule has 0 aliphatic heterocycles. The van der Waals surface area contributed by atoms with Gasteiger partial charge in [0.1, 0.15) is 0 Å². The van der Waals surface area contributed by atoms with Crippen molar-refractivity contribution in [3.05, 3.63) is 0 Å². The topological polar surface area (TPSA) is 117 Å². The summed E-state index contributed by atoms with van der Waals surface area (Å²) in [6.07, 6.45) is -0.850. The Morgan fingerprint density at radius 3 is 2.31 bits per heavy atom. The molecule has 0 saturated heterocycles. The van der Waals surface area contributed by atoms with Crippen LogP contribution in [0.3, 0.4) is 0 Å². The lowest BCUT2D eigenvalue weighted by atomic mass is 10.5. The summed E-state index contributed by atoms with van der Waals surface area (Å²) in [6, 6.07) is 0. The molecule has 13 heavy (non-hydrogen) atoms. The average Bonchev–Trinajstić information content (AvgIpc) is 2.16. The molecular formula is C3H9NO7P2+2. The third-order valence-electron chi connectivity index (χ3n) is 0.893. The van der Waals surface area contributed by atoms with Gasteiger partial charge in [-0.25, -0.2) is 5.26 Å². The second-order valence-electron chi connectivity index (χ2n) is 1.68. The van der Waals surface area contributed by atoms with Crippen molar-refractivity contribution in [3.8, 4) is 0 Å². The van der Waals surface area contributed by atoms with Crippen LogP contribution in [0.15, 0.2) is 0 Å². The van der Waals surface area contributed by atoms with Gasteiger partial charge in [-0.3, -0.25) is 0 Å². The van der Waals surface area contributed by atoms with Crippen molar-refractivity contribution in [1.82, 2.24) is 0 Å². The standard InChI is InChI=1S/C3H8NO7P2/c1-2-3(8-12(6)10-4)9-13(7)11-5/h3H,2,4H2,1H3/q+1/p+1. The van der Waals surface area contributed by atoms with Crippen LogP contribution >= 0.6 is 16.5 Å². The van der Waals surface area contributed by atoms with Gasteiger partial charge in [-0.15, -0.1) is 0 Å². The lowest BCUT2D eigenvalue weighted by Gasteiger charge is -1.96. The summed E-state index contributed by atoms with van der Waals surface area (Å²) in [5.74, 6) is 4.52. The van der Waals surface area contributed by atoms with Gasteiger partial charge in [-0.2, -0.15) is 5.90 Å². The van der Waals surface area contributed by atoms with Crippen LogP contribution in [0.1, 0.15) is 13.3 Å². The fourth-order valence-electron chi connectivity index (χ4n) is 0.404. The van der Waals surface area contributed by atoms with Crippen LogP contribution in [-0.4, -0.2) is 11.5 Å². The predicted octanol–water partition coefficient (Wildman–Crippen LogP) is 1.45. The van der Waals surface area contributed by atoms with Gasteiger partial charge in [0.25, 0.3) is 6.29 Å². The minimum Gasteiger partial charge on any atom is -0.202 e. The smallest absolute Gasteiger partial charge is 0.202 e. The third-order valence-corrected chi connectivity index (χ3v) is 2.01. The minimum absolute atomic E-state index is 0.231. The lowest BCUT2D eigenvalue weighted by Crippen LogP contribution is -2.09. The average molecular weight is 233 g/mol. The fraction of sp³-hybridized carbons (Fsp3) is 1.00. The van der Waals surface area contributed by atoms with Crippen molar-refractivity contribution < 1.29 is 32.7 Å². The van der Waals surface area contributed by atoms with Crippen molar-refractivity contribution in [2.75, 3.05) is 0 Å². The maximum atomic E-state index is 10.6. The van der Waals surface area contributed by atoms with E-state index < -0.39 is 22.8 Å². The van der Waals surface area contributed by atoms with Gasteiger partial charge in [0, 0.05) is 15.6 Å². The summed E-state index contributed by atoms with van der Waals surface area (Å²) in [4.78, 5) is 0. The van der Waals surface area contributed by atoms with Crippen molar-refractivity contribution in [2.24, 2.45) is 5.90 Å². The fourth-order valence-corrected chi connectivity index (χ4v) is 1.33. The highest BCUT2D eigenvalue weighted by Crippen LogP contribution is 2.31. The Balaban J connectivity index is 3.89. The molecule has 76 valence electrons. The van der Waals surface area contributed by atoms with Gasteiger partial charge in [-0.1, -0.05) is 16.0 Å². The van der Waals surface area contributed by atoms with Crippen molar-refractivity contribution >= 4 is 16.5 Å². The van der Waals surface area contributed by atoms with Gasteiger partial charge in [-0.05, 0) is 4.62 Å². The highest BCUT2D eigenvalue weighted by molar-refractivity contribution is 7.34. The Hall–Kier alpha value is -0.0400. The highest BCUT2D eigenvalue weighted by Gasteiger charge is 2.35. The molecule has 3 N–H and O–H groups in total. The SMILES string of the molecule is CCC(O[P+](=O)ON)O[P+](=O)OO. The van der Waals surface area contributed by atoms with E-state index in [0.29, 0.717) is 0 Å². The Morgan fingerprint density at radius 2 is 1.92 bits per heavy atom. The van der Waals surface area contributed by atoms with Crippen LogP contribution in [0.5, 0.6) is 0 Å². The molecule has 0 rings (SSSR count). The third kappa shape index (κ3) is 6.09. The highest BCUT2D eigenvalue weighted by atomic mass is 31.1. The zero-order valence-electron chi connectivity index (χ0n) is 6.65. The summed E-state index contributed by atoms with van der Waals surface area (Å²) in [7, 11) is -5.23. The monoisotopic (exact) mass is 233 g/mol. The Labute approximate surface area is 75.7 Å². The molecule has 0 aliphatic rings. The van der Waals surface area contributed by atoms with Gasteiger partial charge in [0.05, 0.1) is 4.67 Å². The maximum absolute atomic E-state index is 10.6. The van der Waals surface area contributed by atoms with Crippen molar-refractivity contribution in [3.63, 3.8) is 0 Å². The van der Waals surface area contributed by atoms with E-state index >= 15 is 0 Å². The molecule has 0 fully saturated rings. The molecule has 0 aromatic heterocycles. The molecule has 3 atom stereocenters. The summed E-state index contributed by atoms with van der Waals surface area (Å²) >= 11 is 0. The minimum atomic E-state index is -2.70. The number of hydrogen-bond acceptors (Lipinski definition) is 8. The van der Waals surface area contributed by atoms with E-state index in [1.165, 1.54) is 0 Å². The van der Waals surface area contributed by atoms with E-state index in [2.05, 4.69) is 24.2 Å². The number of rotatable bonds is 7. The maximum Gasteiger partial charge on any atom is 0.731 e. The van der Waals surface area contributed by atoms with E-state index in [1.807, 2.05) is 0 Å². The van der Waals surface area contributed by atoms with E-state index in [-0.39, 0.29) is 6.42 Å². The van der Waals surface area contributed by atoms with Gasteiger partial charge in [0.15, 0.2) is 0 Å². The molecule has 0 amide bonds. The van der Waals surface area contributed by atoms with Crippen molar-refractivity contribution in [2.45, 2.75) is 19.6 Å². The Bertz CT molecular complexity index is 169. The molecule has 0 radical (unpaired) electrons. The molecule has 0 aliphatic carbocycles. The second kappa shape index (κ2) is 7.37. The number of hydrogen-bond donors (Lipinski definition) is 2. The van der Waals surface area contributed by atoms with E-state index in [0.717, 1.165) is 0 Å². The molecule has 10 heteroatoms. The zero-order chi connectivity index (χ0) is 10.3. The van der Waals surface area contributed by atoms with E-state index in [9.17, 15) is 9.13 Å². The van der Waals surface area contributed by atoms with E-state index in [1.54, 1.807) is 6.92 Å². The molecule has 0 heterocycles. The summed E-state index contributed by atoms with van der Waals surface area (Å²) in [5.41, 5.74) is 0. The van der Waals surface area contributed by atoms with Crippen LogP contribution in [0.4, 0.5) is 0 Å². The summed E-state index contributed by atoms with van der Waals surface area (Å²) in [5, 5.41) is 7.88. The van der Waals surface area contributed by atoms with Crippen LogP contribution in [0.25, 0.3) is 0 Å². The van der Waals surface area contributed by atoms with Gasteiger partial charge < -0.3 is 0 Å². The molecule has 0 spiro atoms. The zero-order valence-corrected chi connectivity index (χ0v) is 8.44. The second-order valence-corrected chi connectivity index (χ2v) is 3.37. The molecule has 0 bridgehead atoms. The molecule has 3 unspecified atom stereocenters. The first-order valence-electron chi connectivity index (χ1n) is 3.10. The summed E-state index contributed by atoms with van der Waals surface area (Å²) < 4.78 is 37.1. The summed E-state index contributed by atoms with van der Waals surface area (Å²) in [6.45, 7) is 1.60. The van der Waals surface area contributed by atoms with E-state index in [4.69, 9.17) is 5.26 Å². The Morgan fingerprint density at radius 1 is 1.38 bits per heavy atom. The molecule has 0 aromatic carbocycles. The van der Waals surface area contributed by atoms with Crippen LogP contribution < -0.4 is 5.90 Å². The van der Waals surface area contributed by atoms with Crippen LogP contribution in [-0.2, 0) is 27.5 Å².